The molecule has 1 aliphatic rings. The van der Waals surface area contributed by atoms with E-state index >= 15 is 0 Å². The van der Waals surface area contributed by atoms with Gasteiger partial charge in [-0.2, -0.15) is 5.10 Å². The first-order valence-corrected chi connectivity index (χ1v) is 8.40. The number of aromatic amines is 1. The van der Waals surface area contributed by atoms with Crippen LogP contribution in [0.2, 0.25) is 0 Å². The highest BCUT2D eigenvalue weighted by atomic mass is 32.2. The van der Waals surface area contributed by atoms with Crippen LogP contribution >= 0.6 is 0 Å². The average Bonchev–Trinajstić information content (AvgIpc) is 2.92. The lowest BCUT2D eigenvalue weighted by atomic mass is 9.99. The Morgan fingerprint density at radius 2 is 2.24 bits per heavy atom. The molecule has 0 unspecified atom stereocenters. The molecule has 0 radical (unpaired) electrons. The summed E-state index contributed by atoms with van der Waals surface area (Å²) in [6.45, 7) is 2.88. The molecule has 0 saturated heterocycles. The largest absolute Gasteiger partial charge is 0.385 e. The maximum atomic E-state index is 12.3. The Kier molecular flexibility index (Phi) is 3.69. The molecule has 0 aliphatic carbocycles. The molecule has 0 fully saturated rings. The van der Waals surface area contributed by atoms with Crippen LogP contribution in [-0.4, -0.2) is 25.2 Å². The second-order valence-electron chi connectivity index (χ2n) is 5.17. The second-order valence-corrected chi connectivity index (χ2v) is 6.90. The summed E-state index contributed by atoms with van der Waals surface area (Å²) < 4.78 is 27.2. The molecule has 0 spiro atoms. The molecule has 3 rings (SSSR count). The Balaban J connectivity index is 1.81. The van der Waals surface area contributed by atoms with Crippen LogP contribution in [0.5, 0.6) is 0 Å². The van der Waals surface area contributed by atoms with Crippen molar-refractivity contribution < 1.29 is 8.42 Å². The third kappa shape index (κ3) is 2.79. The number of nitrogens with zero attached hydrogens (tertiary/aromatic N) is 1. The van der Waals surface area contributed by atoms with E-state index in [2.05, 4.69) is 26.3 Å². The van der Waals surface area contributed by atoms with E-state index in [9.17, 15) is 8.42 Å². The first kappa shape index (κ1) is 14.1. The van der Waals surface area contributed by atoms with Crippen LogP contribution in [0.1, 0.15) is 23.2 Å². The molecular weight excluding hydrogens is 288 g/mol. The van der Waals surface area contributed by atoms with Gasteiger partial charge >= 0.3 is 0 Å². The molecule has 112 valence electrons. The van der Waals surface area contributed by atoms with E-state index in [1.54, 1.807) is 6.92 Å². The Labute approximate surface area is 124 Å². The van der Waals surface area contributed by atoms with Gasteiger partial charge in [0.2, 0.25) is 10.0 Å². The molecule has 3 N–H and O–H groups in total. The fourth-order valence-corrected chi connectivity index (χ4v) is 3.73. The number of anilines is 1. The Morgan fingerprint density at radius 3 is 3.00 bits per heavy atom. The van der Waals surface area contributed by atoms with Crippen LogP contribution in [0.25, 0.3) is 0 Å². The van der Waals surface area contributed by atoms with Gasteiger partial charge in [-0.25, -0.2) is 13.1 Å². The quantitative estimate of drug-likeness (QED) is 0.800. The SMILES string of the molecule is Cc1[nH]ncc1S(=O)(=O)NCc1cccc2c1NCCC2. The zero-order valence-electron chi connectivity index (χ0n) is 11.8. The van der Waals surface area contributed by atoms with Gasteiger partial charge in [0.25, 0.3) is 0 Å². The van der Waals surface area contributed by atoms with Crippen LogP contribution in [0.4, 0.5) is 5.69 Å². The third-order valence-corrected chi connectivity index (χ3v) is 5.20. The fourth-order valence-electron chi connectivity index (χ4n) is 2.59. The van der Waals surface area contributed by atoms with Crippen LogP contribution in [0.3, 0.4) is 0 Å². The Morgan fingerprint density at radius 1 is 1.38 bits per heavy atom. The number of hydrogen-bond acceptors (Lipinski definition) is 4. The van der Waals surface area contributed by atoms with Gasteiger partial charge in [-0.3, -0.25) is 5.10 Å². The molecule has 2 aromatic rings. The molecular formula is C14H18N4O2S. The van der Waals surface area contributed by atoms with Gasteiger partial charge in [-0.1, -0.05) is 18.2 Å². The molecule has 0 bridgehead atoms. The van der Waals surface area contributed by atoms with Crippen molar-refractivity contribution in [3.63, 3.8) is 0 Å². The maximum absolute atomic E-state index is 12.3. The van der Waals surface area contributed by atoms with E-state index in [-0.39, 0.29) is 11.4 Å². The highest BCUT2D eigenvalue weighted by Gasteiger charge is 2.19. The molecule has 1 aliphatic heterocycles. The normalized spacial score (nSPS) is 14.5. The van der Waals surface area contributed by atoms with Gasteiger partial charge in [-0.15, -0.1) is 0 Å². The third-order valence-electron chi connectivity index (χ3n) is 3.69. The molecule has 6 nitrogen and oxygen atoms in total. The van der Waals surface area contributed by atoms with Crippen molar-refractivity contribution in [1.82, 2.24) is 14.9 Å². The minimum atomic E-state index is -3.54. The number of sulfonamides is 1. The Hall–Kier alpha value is -1.86. The van der Waals surface area contributed by atoms with Crippen molar-refractivity contribution in [2.75, 3.05) is 11.9 Å². The molecule has 7 heteroatoms. The number of para-hydroxylation sites is 1. The van der Waals surface area contributed by atoms with Gasteiger partial charge < -0.3 is 5.32 Å². The molecule has 0 amide bonds. The lowest BCUT2D eigenvalue weighted by Crippen LogP contribution is -2.25. The number of rotatable bonds is 4. The van der Waals surface area contributed by atoms with Crippen molar-refractivity contribution >= 4 is 15.7 Å². The highest BCUT2D eigenvalue weighted by Crippen LogP contribution is 2.26. The summed E-state index contributed by atoms with van der Waals surface area (Å²) in [6.07, 6.45) is 3.47. The minimum absolute atomic E-state index is 0.195. The smallest absolute Gasteiger partial charge is 0.244 e. The van der Waals surface area contributed by atoms with Gasteiger partial charge in [0.15, 0.2) is 0 Å². The van der Waals surface area contributed by atoms with Gasteiger partial charge in [0.05, 0.1) is 11.9 Å². The molecule has 2 heterocycles. The van der Waals surface area contributed by atoms with Gasteiger partial charge in [0.1, 0.15) is 4.90 Å². The first-order valence-electron chi connectivity index (χ1n) is 6.92. The predicted molar refractivity (Wildman–Crippen MR) is 80.6 cm³/mol. The van der Waals surface area contributed by atoms with E-state index in [4.69, 9.17) is 0 Å². The van der Waals surface area contributed by atoms with Crippen molar-refractivity contribution in [2.24, 2.45) is 0 Å². The molecule has 0 atom stereocenters. The fraction of sp³-hybridized carbons (Fsp3) is 0.357. The van der Waals surface area contributed by atoms with E-state index in [0.29, 0.717) is 5.69 Å². The molecule has 1 aromatic heterocycles. The van der Waals surface area contributed by atoms with Crippen LogP contribution in [-0.2, 0) is 23.0 Å². The monoisotopic (exact) mass is 306 g/mol. The summed E-state index contributed by atoms with van der Waals surface area (Å²) in [7, 11) is -3.54. The van der Waals surface area contributed by atoms with Crippen molar-refractivity contribution in [2.45, 2.75) is 31.2 Å². The predicted octanol–water partition coefficient (Wildman–Crippen LogP) is 1.55. The zero-order chi connectivity index (χ0) is 14.9. The highest BCUT2D eigenvalue weighted by molar-refractivity contribution is 7.89. The molecule has 0 saturated carbocycles. The summed E-state index contributed by atoms with van der Waals surface area (Å²) >= 11 is 0. The van der Waals surface area contributed by atoms with Crippen molar-refractivity contribution in [1.29, 1.82) is 0 Å². The summed E-state index contributed by atoms with van der Waals surface area (Å²) in [6, 6.07) is 6.00. The van der Waals surface area contributed by atoms with Crippen LogP contribution < -0.4 is 10.0 Å². The zero-order valence-corrected chi connectivity index (χ0v) is 12.6. The van der Waals surface area contributed by atoms with Gasteiger partial charge in [-0.05, 0) is 30.9 Å². The number of aromatic nitrogens is 2. The van der Waals surface area contributed by atoms with E-state index < -0.39 is 10.0 Å². The first-order chi connectivity index (χ1) is 10.1. The van der Waals surface area contributed by atoms with E-state index in [1.807, 2.05) is 12.1 Å². The van der Waals surface area contributed by atoms with Crippen LogP contribution in [0.15, 0.2) is 29.3 Å². The number of H-pyrrole nitrogens is 1. The van der Waals surface area contributed by atoms with Crippen molar-refractivity contribution in [3.05, 3.63) is 41.2 Å². The summed E-state index contributed by atoms with van der Waals surface area (Å²) in [5.74, 6) is 0. The number of benzene rings is 1. The summed E-state index contributed by atoms with van der Waals surface area (Å²) in [4.78, 5) is 0.195. The average molecular weight is 306 g/mol. The summed E-state index contributed by atoms with van der Waals surface area (Å²) in [5.41, 5.74) is 3.82. The number of fused-ring (bicyclic) bond motifs is 1. The minimum Gasteiger partial charge on any atom is -0.385 e. The van der Waals surface area contributed by atoms with Crippen molar-refractivity contribution in [3.8, 4) is 0 Å². The maximum Gasteiger partial charge on any atom is 0.244 e. The number of hydrogen-bond donors (Lipinski definition) is 3. The Bertz CT molecular complexity index is 752. The molecule has 1 aromatic carbocycles. The second kappa shape index (κ2) is 5.50. The van der Waals surface area contributed by atoms with E-state index in [1.165, 1.54) is 11.8 Å². The van der Waals surface area contributed by atoms with Crippen LogP contribution in [0, 0.1) is 6.92 Å². The topological polar surface area (TPSA) is 86.9 Å². The molecule has 21 heavy (non-hydrogen) atoms. The number of nitrogens with one attached hydrogen (secondary N) is 3. The number of aryl methyl sites for hydroxylation is 2. The standard InChI is InChI=1S/C14H18N4O2S/c1-10-13(9-16-18-10)21(19,20)17-8-12-5-2-4-11-6-3-7-15-14(11)12/h2,4-5,9,15,17H,3,6-8H2,1H3,(H,16,18). The summed E-state index contributed by atoms with van der Waals surface area (Å²) in [5, 5.41) is 9.76. The van der Waals surface area contributed by atoms with E-state index in [0.717, 1.165) is 30.6 Å². The van der Waals surface area contributed by atoms with Gasteiger partial charge in [0, 0.05) is 18.8 Å². The lowest BCUT2D eigenvalue weighted by molar-refractivity contribution is 0.580. The lowest BCUT2D eigenvalue weighted by Gasteiger charge is -2.21.